The van der Waals surface area contributed by atoms with Gasteiger partial charge in [-0.3, -0.25) is 14.6 Å². The van der Waals surface area contributed by atoms with Crippen LogP contribution in [0, 0.1) is 18.6 Å². The molecule has 2 N–H and O–H groups in total. The number of pyridine rings is 1. The lowest BCUT2D eigenvalue weighted by atomic mass is 10.3. The lowest BCUT2D eigenvalue weighted by Gasteiger charge is -2.07. The van der Waals surface area contributed by atoms with Crippen molar-refractivity contribution in [2.75, 3.05) is 11.9 Å². The molecule has 0 unspecified atom stereocenters. The highest BCUT2D eigenvalue weighted by molar-refractivity contribution is 7.17. The number of amides is 2. The second-order valence-electron chi connectivity index (χ2n) is 5.51. The van der Waals surface area contributed by atoms with Gasteiger partial charge in [-0.25, -0.2) is 13.8 Å². The highest BCUT2D eigenvalue weighted by atomic mass is 32.1. The number of hydrogen-bond donors (Lipinski definition) is 2. The minimum atomic E-state index is -1.07. The maximum atomic E-state index is 13.1. The first-order chi connectivity index (χ1) is 12.9. The van der Waals surface area contributed by atoms with Gasteiger partial charge in [0.1, 0.15) is 9.88 Å². The van der Waals surface area contributed by atoms with Gasteiger partial charge in [0.25, 0.3) is 5.91 Å². The van der Waals surface area contributed by atoms with Gasteiger partial charge in [0.15, 0.2) is 11.6 Å². The van der Waals surface area contributed by atoms with E-state index >= 15 is 0 Å². The second-order valence-corrected chi connectivity index (χ2v) is 6.51. The topological polar surface area (TPSA) is 84.0 Å². The number of aromatic nitrogens is 2. The van der Waals surface area contributed by atoms with Gasteiger partial charge >= 0.3 is 0 Å². The van der Waals surface area contributed by atoms with E-state index < -0.39 is 23.4 Å². The molecule has 3 aromatic rings. The maximum Gasteiger partial charge on any atom is 0.263 e. The molecule has 6 nitrogen and oxygen atoms in total. The molecule has 0 aliphatic rings. The number of anilines is 1. The Labute approximate surface area is 157 Å². The van der Waals surface area contributed by atoms with Crippen molar-refractivity contribution in [1.82, 2.24) is 15.3 Å². The fourth-order valence-electron chi connectivity index (χ4n) is 2.23. The predicted octanol–water partition coefficient (Wildman–Crippen LogP) is 3.16. The van der Waals surface area contributed by atoms with Crippen LogP contribution in [0.15, 0.2) is 42.6 Å². The van der Waals surface area contributed by atoms with Crippen LogP contribution in [0.2, 0.25) is 0 Å². The molecule has 3 rings (SSSR count). The van der Waals surface area contributed by atoms with E-state index in [1.807, 2.05) is 6.07 Å². The summed E-state index contributed by atoms with van der Waals surface area (Å²) in [5, 5.41) is 5.46. The third-order valence-electron chi connectivity index (χ3n) is 3.50. The van der Waals surface area contributed by atoms with Gasteiger partial charge in [-0.1, -0.05) is 6.07 Å². The molecule has 0 fully saturated rings. The Balaban J connectivity index is 1.61. The zero-order chi connectivity index (χ0) is 19.4. The second kappa shape index (κ2) is 8.00. The SMILES string of the molecule is Cc1nc(-c2ccccn2)sc1C(=O)NCC(=O)Nc1ccc(F)c(F)c1. The zero-order valence-electron chi connectivity index (χ0n) is 14.1. The number of thiazole rings is 1. The highest BCUT2D eigenvalue weighted by Gasteiger charge is 2.17. The monoisotopic (exact) mass is 388 g/mol. The summed E-state index contributed by atoms with van der Waals surface area (Å²) in [6.07, 6.45) is 1.63. The molecule has 0 saturated carbocycles. The van der Waals surface area contributed by atoms with Crippen LogP contribution in [-0.2, 0) is 4.79 Å². The van der Waals surface area contributed by atoms with Gasteiger partial charge in [-0.15, -0.1) is 11.3 Å². The van der Waals surface area contributed by atoms with E-state index in [1.165, 1.54) is 17.4 Å². The summed E-state index contributed by atoms with van der Waals surface area (Å²) in [5.41, 5.74) is 1.28. The van der Waals surface area contributed by atoms with E-state index in [2.05, 4.69) is 20.6 Å². The fraction of sp³-hybridized carbons (Fsp3) is 0.111. The van der Waals surface area contributed by atoms with Crippen molar-refractivity contribution in [2.24, 2.45) is 0 Å². The predicted molar refractivity (Wildman–Crippen MR) is 97.4 cm³/mol. The normalized spacial score (nSPS) is 10.5. The Morgan fingerprint density at radius 3 is 2.67 bits per heavy atom. The molecule has 2 aromatic heterocycles. The Morgan fingerprint density at radius 2 is 1.96 bits per heavy atom. The van der Waals surface area contributed by atoms with Crippen molar-refractivity contribution in [2.45, 2.75) is 6.92 Å². The van der Waals surface area contributed by atoms with Crippen LogP contribution in [0.5, 0.6) is 0 Å². The number of halogens is 2. The molecule has 27 heavy (non-hydrogen) atoms. The lowest BCUT2D eigenvalue weighted by Crippen LogP contribution is -2.32. The Morgan fingerprint density at radius 1 is 1.15 bits per heavy atom. The number of nitrogens with zero attached hydrogens (tertiary/aromatic N) is 2. The Bertz CT molecular complexity index is 992. The molecular formula is C18H14F2N4O2S. The summed E-state index contributed by atoms with van der Waals surface area (Å²) in [6.45, 7) is 1.37. The van der Waals surface area contributed by atoms with Gasteiger partial charge in [0.2, 0.25) is 5.91 Å². The lowest BCUT2D eigenvalue weighted by molar-refractivity contribution is -0.115. The fourth-order valence-corrected chi connectivity index (χ4v) is 3.19. The Hall–Kier alpha value is -3.20. The quantitative estimate of drug-likeness (QED) is 0.703. The van der Waals surface area contributed by atoms with E-state index in [9.17, 15) is 18.4 Å². The van der Waals surface area contributed by atoms with Crippen molar-refractivity contribution in [3.8, 4) is 10.7 Å². The van der Waals surface area contributed by atoms with Crippen LogP contribution < -0.4 is 10.6 Å². The van der Waals surface area contributed by atoms with E-state index in [0.29, 0.717) is 21.3 Å². The van der Waals surface area contributed by atoms with Gasteiger partial charge in [0, 0.05) is 18.0 Å². The molecule has 2 amide bonds. The molecular weight excluding hydrogens is 374 g/mol. The van der Waals surface area contributed by atoms with E-state index in [0.717, 1.165) is 12.1 Å². The highest BCUT2D eigenvalue weighted by Crippen LogP contribution is 2.26. The number of benzene rings is 1. The average Bonchev–Trinajstić information content (AvgIpc) is 3.05. The molecule has 2 heterocycles. The van der Waals surface area contributed by atoms with E-state index in [-0.39, 0.29) is 12.2 Å². The summed E-state index contributed by atoms with van der Waals surface area (Å²) in [5.74, 6) is -3.10. The number of aryl methyl sites for hydroxylation is 1. The summed E-state index contributed by atoms with van der Waals surface area (Å²) in [6, 6.07) is 8.38. The first-order valence-electron chi connectivity index (χ1n) is 7.86. The number of carbonyl (C=O) groups excluding carboxylic acids is 2. The zero-order valence-corrected chi connectivity index (χ0v) is 14.9. The van der Waals surface area contributed by atoms with Gasteiger partial charge in [-0.05, 0) is 31.2 Å². The molecule has 9 heteroatoms. The number of nitrogens with one attached hydrogen (secondary N) is 2. The molecule has 0 bridgehead atoms. The van der Waals surface area contributed by atoms with E-state index in [4.69, 9.17) is 0 Å². The molecule has 0 aliphatic heterocycles. The van der Waals surface area contributed by atoms with Crippen LogP contribution >= 0.6 is 11.3 Å². The van der Waals surface area contributed by atoms with Crippen LogP contribution in [0.25, 0.3) is 10.7 Å². The number of rotatable bonds is 5. The molecule has 0 saturated heterocycles. The molecule has 0 aliphatic carbocycles. The Kier molecular flexibility index (Phi) is 5.51. The molecule has 0 atom stereocenters. The minimum Gasteiger partial charge on any atom is -0.342 e. The third-order valence-corrected chi connectivity index (χ3v) is 4.68. The van der Waals surface area contributed by atoms with Crippen molar-refractivity contribution < 1.29 is 18.4 Å². The summed E-state index contributed by atoms with van der Waals surface area (Å²) in [4.78, 5) is 33.1. The molecule has 138 valence electrons. The molecule has 1 aromatic carbocycles. The van der Waals surface area contributed by atoms with Crippen LogP contribution in [0.3, 0.4) is 0 Å². The first-order valence-corrected chi connectivity index (χ1v) is 8.67. The van der Waals surface area contributed by atoms with Crippen molar-refractivity contribution in [3.63, 3.8) is 0 Å². The standard InChI is InChI=1S/C18H14F2N4O2S/c1-10-16(27-18(23-10)14-4-2-3-7-21-14)17(26)22-9-15(25)24-11-5-6-12(19)13(20)8-11/h2-8H,9H2,1H3,(H,22,26)(H,24,25). The molecule has 0 spiro atoms. The van der Waals surface area contributed by atoms with Gasteiger partial charge in [-0.2, -0.15) is 0 Å². The molecule has 0 radical (unpaired) electrons. The van der Waals surface area contributed by atoms with Crippen molar-refractivity contribution >= 4 is 28.8 Å². The first kappa shape index (κ1) is 18.6. The van der Waals surface area contributed by atoms with Crippen molar-refractivity contribution in [3.05, 3.63) is 64.8 Å². The summed E-state index contributed by atoms with van der Waals surface area (Å²) < 4.78 is 26.0. The minimum absolute atomic E-state index is 0.0968. The smallest absolute Gasteiger partial charge is 0.263 e. The average molecular weight is 388 g/mol. The van der Waals surface area contributed by atoms with E-state index in [1.54, 1.807) is 25.3 Å². The maximum absolute atomic E-state index is 13.1. The van der Waals surface area contributed by atoms with Gasteiger partial charge < -0.3 is 10.6 Å². The number of hydrogen-bond acceptors (Lipinski definition) is 5. The van der Waals surface area contributed by atoms with Gasteiger partial charge in [0.05, 0.1) is 17.9 Å². The third kappa shape index (κ3) is 4.50. The summed E-state index contributed by atoms with van der Waals surface area (Å²) >= 11 is 1.17. The van der Waals surface area contributed by atoms with Crippen molar-refractivity contribution in [1.29, 1.82) is 0 Å². The van der Waals surface area contributed by atoms with Crippen LogP contribution in [-0.4, -0.2) is 28.3 Å². The van der Waals surface area contributed by atoms with Crippen LogP contribution in [0.4, 0.5) is 14.5 Å². The number of carbonyl (C=O) groups is 2. The largest absolute Gasteiger partial charge is 0.342 e. The van der Waals surface area contributed by atoms with Crippen LogP contribution in [0.1, 0.15) is 15.4 Å². The summed E-state index contributed by atoms with van der Waals surface area (Å²) in [7, 11) is 0.